The molecule has 0 radical (unpaired) electrons. The lowest BCUT2D eigenvalue weighted by Crippen LogP contribution is -2.41. The molecule has 1 unspecified atom stereocenters. The number of alkyl halides is 3. The average Bonchev–Trinajstić information content (AvgIpc) is 2.74. The maximum Gasteiger partial charge on any atom is 0.417 e. The molecule has 1 aromatic carbocycles. The number of carboxylic acid groups (broad SMARTS) is 1. The average molecular weight is 328 g/mol. The number of hydrogen-bond acceptors (Lipinski definition) is 3. The first-order chi connectivity index (χ1) is 10.5. The van der Waals surface area contributed by atoms with E-state index in [-0.39, 0.29) is 17.3 Å². The Balaban J connectivity index is 2.61. The minimum Gasteiger partial charge on any atom is -0.478 e. The molecule has 124 valence electrons. The summed E-state index contributed by atoms with van der Waals surface area (Å²) in [4.78, 5) is 27.1. The molecule has 1 heterocycles. The number of nitrogens with zero attached hydrogens (tertiary/aromatic N) is 1. The largest absolute Gasteiger partial charge is 0.478 e. The van der Waals surface area contributed by atoms with Crippen molar-refractivity contribution in [3.8, 4) is 0 Å². The van der Waals surface area contributed by atoms with E-state index in [1.807, 2.05) is 0 Å². The van der Waals surface area contributed by atoms with Gasteiger partial charge in [-0.15, -0.1) is 0 Å². The standard InChI is InChI=1S/C15H15F3N2O3/c1-7(2)14(3)13(23)19-11(20-14)9-5-4-8(12(21)22)6-10(9)15(16,17)18/h4-7H,1-3H3,(H,21,22)(H,19,20,23). The summed E-state index contributed by atoms with van der Waals surface area (Å²) >= 11 is 0. The quantitative estimate of drug-likeness (QED) is 0.895. The van der Waals surface area contributed by atoms with Crippen LogP contribution in [-0.2, 0) is 11.0 Å². The molecule has 1 atom stereocenters. The molecule has 0 aliphatic carbocycles. The van der Waals surface area contributed by atoms with Crippen LogP contribution in [-0.4, -0.2) is 28.4 Å². The molecular formula is C15H15F3N2O3. The molecular weight excluding hydrogens is 313 g/mol. The van der Waals surface area contributed by atoms with Gasteiger partial charge in [0.1, 0.15) is 11.4 Å². The summed E-state index contributed by atoms with van der Waals surface area (Å²) in [5.74, 6) is -2.37. The highest BCUT2D eigenvalue weighted by atomic mass is 19.4. The van der Waals surface area contributed by atoms with Crippen molar-refractivity contribution in [1.29, 1.82) is 0 Å². The monoisotopic (exact) mass is 328 g/mol. The second-order valence-electron chi connectivity index (χ2n) is 5.78. The van der Waals surface area contributed by atoms with Crippen LogP contribution in [0.3, 0.4) is 0 Å². The molecule has 0 saturated carbocycles. The first-order valence-corrected chi connectivity index (χ1v) is 6.83. The number of benzene rings is 1. The third kappa shape index (κ3) is 2.93. The molecule has 0 spiro atoms. The predicted molar refractivity (Wildman–Crippen MR) is 76.3 cm³/mol. The fourth-order valence-electron chi connectivity index (χ4n) is 2.18. The molecule has 0 aromatic heterocycles. The van der Waals surface area contributed by atoms with Crippen molar-refractivity contribution in [3.05, 3.63) is 34.9 Å². The maximum atomic E-state index is 13.2. The van der Waals surface area contributed by atoms with Gasteiger partial charge >= 0.3 is 12.1 Å². The third-order valence-corrected chi connectivity index (χ3v) is 3.99. The summed E-state index contributed by atoms with van der Waals surface area (Å²) in [7, 11) is 0. The van der Waals surface area contributed by atoms with Gasteiger partial charge in [-0.1, -0.05) is 13.8 Å². The molecule has 2 N–H and O–H groups in total. The van der Waals surface area contributed by atoms with Crippen molar-refractivity contribution in [2.24, 2.45) is 10.9 Å². The lowest BCUT2D eigenvalue weighted by atomic mass is 9.89. The number of amidine groups is 1. The van der Waals surface area contributed by atoms with E-state index in [0.29, 0.717) is 6.07 Å². The number of carbonyl (C=O) groups excluding carboxylic acids is 1. The van der Waals surface area contributed by atoms with E-state index in [1.165, 1.54) is 0 Å². The molecule has 1 aliphatic heterocycles. The first-order valence-electron chi connectivity index (χ1n) is 6.83. The van der Waals surface area contributed by atoms with Crippen molar-refractivity contribution in [1.82, 2.24) is 5.32 Å². The van der Waals surface area contributed by atoms with Crippen LogP contribution in [0.15, 0.2) is 23.2 Å². The van der Waals surface area contributed by atoms with Crippen LogP contribution in [0.5, 0.6) is 0 Å². The van der Waals surface area contributed by atoms with Gasteiger partial charge in [0.25, 0.3) is 5.91 Å². The summed E-state index contributed by atoms with van der Waals surface area (Å²) in [5, 5.41) is 11.2. The van der Waals surface area contributed by atoms with Gasteiger partial charge in [0.15, 0.2) is 0 Å². The Hall–Kier alpha value is -2.38. The van der Waals surface area contributed by atoms with Crippen LogP contribution < -0.4 is 5.32 Å². The van der Waals surface area contributed by atoms with Gasteiger partial charge in [-0.25, -0.2) is 4.79 Å². The Bertz CT molecular complexity index is 710. The number of rotatable bonds is 3. The first kappa shape index (κ1) is 17.0. The summed E-state index contributed by atoms with van der Waals surface area (Å²) < 4.78 is 39.7. The Labute approximate surface area is 130 Å². The van der Waals surface area contributed by atoms with Crippen molar-refractivity contribution >= 4 is 17.7 Å². The van der Waals surface area contributed by atoms with E-state index in [2.05, 4.69) is 10.3 Å². The fraction of sp³-hybridized carbons (Fsp3) is 0.400. The van der Waals surface area contributed by atoms with E-state index in [0.717, 1.165) is 12.1 Å². The molecule has 0 bridgehead atoms. The number of aliphatic imine (C=N–C) groups is 1. The van der Waals surface area contributed by atoms with E-state index in [1.54, 1.807) is 20.8 Å². The molecule has 1 amide bonds. The molecule has 0 fully saturated rings. The number of hydrogen-bond donors (Lipinski definition) is 2. The van der Waals surface area contributed by atoms with Gasteiger partial charge < -0.3 is 10.4 Å². The number of nitrogens with one attached hydrogen (secondary N) is 1. The van der Waals surface area contributed by atoms with Crippen LogP contribution in [0.2, 0.25) is 0 Å². The summed E-state index contributed by atoms with van der Waals surface area (Å²) in [6, 6.07) is 2.60. The summed E-state index contributed by atoms with van der Waals surface area (Å²) in [6.07, 6.45) is -4.77. The van der Waals surface area contributed by atoms with E-state index >= 15 is 0 Å². The smallest absolute Gasteiger partial charge is 0.417 e. The minimum atomic E-state index is -4.77. The van der Waals surface area contributed by atoms with Crippen LogP contribution >= 0.6 is 0 Å². The second kappa shape index (κ2) is 5.36. The molecule has 2 rings (SSSR count). The van der Waals surface area contributed by atoms with Crippen LogP contribution in [0, 0.1) is 5.92 Å². The van der Waals surface area contributed by atoms with Crippen LogP contribution in [0.1, 0.15) is 42.3 Å². The van der Waals surface area contributed by atoms with Crippen LogP contribution in [0.4, 0.5) is 13.2 Å². The van der Waals surface area contributed by atoms with Gasteiger partial charge in [-0.05, 0) is 31.0 Å². The van der Waals surface area contributed by atoms with Crippen molar-refractivity contribution < 1.29 is 27.9 Å². The highest BCUT2D eigenvalue weighted by molar-refractivity contribution is 6.16. The SMILES string of the molecule is CC(C)C1(C)N=C(c2ccc(C(=O)O)cc2C(F)(F)F)NC1=O. The Morgan fingerprint density at radius 1 is 1.35 bits per heavy atom. The highest BCUT2D eigenvalue weighted by Crippen LogP contribution is 2.35. The normalized spacial score (nSPS) is 21.3. The van der Waals surface area contributed by atoms with E-state index in [9.17, 15) is 22.8 Å². The Morgan fingerprint density at radius 2 is 1.96 bits per heavy atom. The zero-order valence-corrected chi connectivity index (χ0v) is 12.7. The Morgan fingerprint density at radius 3 is 2.39 bits per heavy atom. The highest BCUT2D eigenvalue weighted by Gasteiger charge is 2.44. The predicted octanol–water partition coefficient (Wildman–Crippen LogP) is 2.69. The van der Waals surface area contributed by atoms with Gasteiger partial charge in [0.05, 0.1) is 11.1 Å². The van der Waals surface area contributed by atoms with Crippen LogP contribution in [0.25, 0.3) is 0 Å². The van der Waals surface area contributed by atoms with Gasteiger partial charge in [0.2, 0.25) is 0 Å². The number of amides is 1. The lowest BCUT2D eigenvalue weighted by molar-refractivity contribution is -0.137. The minimum absolute atomic E-state index is 0.199. The topological polar surface area (TPSA) is 78.8 Å². The van der Waals surface area contributed by atoms with Gasteiger partial charge in [-0.2, -0.15) is 13.2 Å². The third-order valence-electron chi connectivity index (χ3n) is 3.99. The number of halogens is 3. The molecule has 23 heavy (non-hydrogen) atoms. The molecule has 0 saturated heterocycles. The fourth-order valence-corrected chi connectivity index (χ4v) is 2.18. The molecule has 1 aliphatic rings. The lowest BCUT2D eigenvalue weighted by Gasteiger charge is -2.21. The molecule has 5 nitrogen and oxygen atoms in total. The van der Waals surface area contributed by atoms with E-state index in [4.69, 9.17) is 5.11 Å². The van der Waals surface area contributed by atoms with Crippen molar-refractivity contribution in [2.75, 3.05) is 0 Å². The molecule has 1 aromatic rings. The maximum absolute atomic E-state index is 13.2. The summed E-state index contributed by atoms with van der Waals surface area (Å²) in [6.45, 7) is 5.02. The van der Waals surface area contributed by atoms with Gasteiger partial charge in [-0.3, -0.25) is 9.79 Å². The second-order valence-corrected chi connectivity index (χ2v) is 5.78. The zero-order chi connectivity index (χ0) is 17.6. The zero-order valence-electron chi connectivity index (χ0n) is 12.7. The number of aromatic carboxylic acids is 1. The Kier molecular flexibility index (Phi) is 3.96. The number of carboxylic acids is 1. The number of carbonyl (C=O) groups is 2. The van der Waals surface area contributed by atoms with Crippen molar-refractivity contribution in [3.63, 3.8) is 0 Å². The summed E-state index contributed by atoms with van der Waals surface area (Å²) in [5.41, 5.74) is -3.15. The van der Waals surface area contributed by atoms with Gasteiger partial charge in [0, 0.05) is 5.56 Å². The molecule has 8 heteroatoms. The van der Waals surface area contributed by atoms with Crippen molar-refractivity contribution in [2.45, 2.75) is 32.5 Å². The van der Waals surface area contributed by atoms with E-state index < -0.39 is 34.7 Å².